The van der Waals surface area contributed by atoms with Crippen molar-refractivity contribution in [1.29, 1.82) is 0 Å². The van der Waals surface area contributed by atoms with Crippen LogP contribution in [-0.2, 0) is 10.0 Å². The molecule has 0 amide bonds. The molecule has 1 N–H and O–H groups in total. The minimum Gasteiger partial charge on any atom is -0.395 e. The van der Waals surface area contributed by atoms with Crippen molar-refractivity contribution in [3.8, 4) is 0 Å². The van der Waals surface area contributed by atoms with E-state index in [0.29, 0.717) is 12.2 Å². The molecule has 5 nitrogen and oxygen atoms in total. The minimum atomic E-state index is -3.49. The maximum absolute atomic E-state index is 12.3. The number of aliphatic hydroxyl groups excluding tert-OH is 1. The Balaban J connectivity index is 3.37. The van der Waals surface area contributed by atoms with E-state index >= 15 is 0 Å². The first-order valence-corrected chi connectivity index (χ1v) is 7.65. The molecule has 108 valence electrons. The lowest BCUT2D eigenvalue weighted by molar-refractivity contribution is 0.298. The molecule has 0 aliphatic rings. The third kappa shape index (κ3) is 3.46. The van der Waals surface area contributed by atoms with Crippen LogP contribution in [0.25, 0.3) is 0 Å². The Hall–Kier alpha value is -1.11. The number of hydrogen-bond donors (Lipinski definition) is 1. The fourth-order valence-electron chi connectivity index (χ4n) is 1.87. The third-order valence-corrected chi connectivity index (χ3v) is 4.76. The zero-order valence-electron chi connectivity index (χ0n) is 11.9. The summed E-state index contributed by atoms with van der Waals surface area (Å²) in [6.45, 7) is 4.32. The molecular weight excluding hydrogens is 264 g/mol. The Morgan fingerprint density at radius 3 is 2.26 bits per heavy atom. The van der Waals surface area contributed by atoms with Crippen molar-refractivity contribution in [2.24, 2.45) is 0 Å². The highest BCUT2D eigenvalue weighted by molar-refractivity contribution is 7.89. The summed E-state index contributed by atoms with van der Waals surface area (Å²) in [6, 6.07) is 6.98. The predicted octanol–water partition coefficient (Wildman–Crippen LogP) is 1.14. The van der Waals surface area contributed by atoms with Crippen molar-refractivity contribution in [3.63, 3.8) is 0 Å². The summed E-state index contributed by atoms with van der Waals surface area (Å²) in [5.41, 5.74) is 0.625. The zero-order chi connectivity index (χ0) is 14.6. The van der Waals surface area contributed by atoms with Gasteiger partial charge in [-0.3, -0.25) is 0 Å². The zero-order valence-corrected chi connectivity index (χ0v) is 12.7. The first kappa shape index (κ1) is 15.9. The highest BCUT2D eigenvalue weighted by Crippen LogP contribution is 2.28. The SMILES string of the molecule is CC(C)N(CCO)c1ccccc1S(=O)(=O)N(C)C. The molecule has 1 rings (SSSR count). The standard InChI is InChI=1S/C13H22N2O3S/c1-11(2)15(9-10-16)12-7-5-6-8-13(12)19(17,18)14(3)4/h5-8,11,16H,9-10H2,1-4H3. The maximum Gasteiger partial charge on any atom is 0.244 e. The molecule has 0 spiro atoms. The van der Waals surface area contributed by atoms with Gasteiger partial charge in [0, 0.05) is 26.7 Å². The quantitative estimate of drug-likeness (QED) is 0.852. The molecule has 0 heterocycles. The van der Waals surface area contributed by atoms with E-state index in [9.17, 15) is 8.42 Å². The van der Waals surface area contributed by atoms with Crippen LogP contribution in [-0.4, -0.2) is 51.1 Å². The Morgan fingerprint density at radius 1 is 1.21 bits per heavy atom. The highest BCUT2D eigenvalue weighted by atomic mass is 32.2. The van der Waals surface area contributed by atoms with Crippen LogP contribution in [0, 0.1) is 0 Å². The van der Waals surface area contributed by atoms with E-state index in [4.69, 9.17) is 5.11 Å². The molecule has 0 unspecified atom stereocenters. The molecule has 6 heteroatoms. The molecule has 1 aromatic carbocycles. The Morgan fingerprint density at radius 2 is 1.79 bits per heavy atom. The number of nitrogens with zero attached hydrogens (tertiary/aromatic N) is 2. The average molecular weight is 286 g/mol. The molecule has 0 fully saturated rings. The number of anilines is 1. The monoisotopic (exact) mass is 286 g/mol. The van der Waals surface area contributed by atoms with Gasteiger partial charge in [-0.25, -0.2) is 12.7 Å². The van der Waals surface area contributed by atoms with Crippen LogP contribution in [0.2, 0.25) is 0 Å². The van der Waals surface area contributed by atoms with Gasteiger partial charge < -0.3 is 10.0 Å². The van der Waals surface area contributed by atoms with Crippen LogP contribution >= 0.6 is 0 Å². The van der Waals surface area contributed by atoms with E-state index in [2.05, 4.69) is 0 Å². The van der Waals surface area contributed by atoms with Gasteiger partial charge in [-0.2, -0.15) is 0 Å². The van der Waals surface area contributed by atoms with E-state index < -0.39 is 10.0 Å². The van der Waals surface area contributed by atoms with E-state index in [1.165, 1.54) is 18.4 Å². The summed E-state index contributed by atoms with van der Waals surface area (Å²) in [6.07, 6.45) is 0. The Labute approximate surface area is 115 Å². The number of para-hydroxylation sites is 1. The molecule has 0 saturated heterocycles. The average Bonchev–Trinajstić information content (AvgIpc) is 2.35. The summed E-state index contributed by atoms with van der Waals surface area (Å²) in [7, 11) is -0.471. The molecule has 0 radical (unpaired) electrons. The number of rotatable bonds is 6. The van der Waals surface area contributed by atoms with Crippen LogP contribution in [0.1, 0.15) is 13.8 Å². The lowest BCUT2D eigenvalue weighted by atomic mass is 10.2. The smallest absolute Gasteiger partial charge is 0.244 e. The van der Waals surface area contributed by atoms with Crippen LogP contribution in [0.4, 0.5) is 5.69 Å². The molecule has 0 aliphatic heterocycles. The van der Waals surface area contributed by atoms with Crippen molar-refractivity contribution >= 4 is 15.7 Å². The van der Waals surface area contributed by atoms with Gasteiger partial charge in [0.2, 0.25) is 10.0 Å². The van der Waals surface area contributed by atoms with Crippen molar-refractivity contribution < 1.29 is 13.5 Å². The van der Waals surface area contributed by atoms with E-state index in [1.54, 1.807) is 24.3 Å². The van der Waals surface area contributed by atoms with Crippen LogP contribution in [0.15, 0.2) is 29.2 Å². The van der Waals surface area contributed by atoms with Gasteiger partial charge in [-0.1, -0.05) is 12.1 Å². The normalized spacial score (nSPS) is 12.2. The van der Waals surface area contributed by atoms with Gasteiger partial charge in [0.1, 0.15) is 4.90 Å². The topological polar surface area (TPSA) is 60.9 Å². The molecule has 0 saturated carbocycles. The van der Waals surface area contributed by atoms with Gasteiger partial charge in [-0.15, -0.1) is 0 Å². The summed E-state index contributed by atoms with van der Waals surface area (Å²) in [5, 5.41) is 9.15. The van der Waals surface area contributed by atoms with Gasteiger partial charge in [-0.05, 0) is 26.0 Å². The Kier molecular flexibility index (Phi) is 5.34. The van der Waals surface area contributed by atoms with Crippen molar-refractivity contribution in [3.05, 3.63) is 24.3 Å². The van der Waals surface area contributed by atoms with Crippen molar-refractivity contribution in [1.82, 2.24) is 4.31 Å². The van der Waals surface area contributed by atoms with E-state index in [-0.39, 0.29) is 17.5 Å². The summed E-state index contributed by atoms with van der Waals surface area (Å²) in [4.78, 5) is 2.15. The van der Waals surface area contributed by atoms with Gasteiger partial charge in [0.15, 0.2) is 0 Å². The molecule has 0 aromatic heterocycles. The third-order valence-electron chi connectivity index (χ3n) is 2.90. The second kappa shape index (κ2) is 6.36. The number of sulfonamides is 1. The van der Waals surface area contributed by atoms with Gasteiger partial charge in [0.25, 0.3) is 0 Å². The first-order valence-electron chi connectivity index (χ1n) is 6.21. The van der Waals surface area contributed by atoms with Crippen molar-refractivity contribution in [2.75, 3.05) is 32.1 Å². The molecule has 0 bridgehead atoms. The molecular formula is C13H22N2O3S. The highest BCUT2D eigenvalue weighted by Gasteiger charge is 2.24. The molecule has 1 aromatic rings. The maximum atomic E-state index is 12.3. The van der Waals surface area contributed by atoms with Crippen LogP contribution in [0.5, 0.6) is 0 Å². The van der Waals surface area contributed by atoms with E-state index in [0.717, 1.165) is 0 Å². The van der Waals surface area contributed by atoms with Gasteiger partial charge >= 0.3 is 0 Å². The second-order valence-corrected chi connectivity index (χ2v) is 6.89. The molecule has 0 aliphatic carbocycles. The predicted molar refractivity (Wildman–Crippen MR) is 76.9 cm³/mol. The van der Waals surface area contributed by atoms with E-state index in [1.807, 2.05) is 18.7 Å². The Bertz CT molecular complexity index is 512. The largest absolute Gasteiger partial charge is 0.395 e. The fraction of sp³-hybridized carbons (Fsp3) is 0.538. The second-order valence-electron chi connectivity index (χ2n) is 4.77. The van der Waals surface area contributed by atoms with Crippen LogP contribution in [0.3, 0.4) is 0 Å². The van der Waals surface area contributed by atoms with Gasteiger partial charge in [0.05, 0.1) is 12.3 Å². The summed E-state index contributed by atoms with van der Waals surface area (Å²) in [5.74, 6) is 0. The fourth-order valence-corrected chi connectivity index (χ4v) is 2.97. The summed E-state index contributed by atoms with van der Waals surface area (Å²) < 4.78 is 25.8. The van der Waals surface area contributed by atoms with Crippen molar-refractivity contribution in [2.45, 2.75) is 24.8 Å². The summed E-state index contributed by atoms with van der Waals surface area (Å²) >= 11 is 0. The number of aliphatic hydroxyl groups is 1. The van der Waals surface area contributed by atoms with Crippen LogP contribution < -0.4 is 4.90 Å². The number of hydrogen-bond acceptors (Lipinski definition) is 4. The minimum absolute atomic E-state index is 0.0193. The molecule has 19 heavy (non-hydrogen) atoms. The lowest BCUT2D eigenvalue weighted by Gasteiger charge is -2.30. The lowest BCUT2D eigenvalue weighted by Crippen LogP contribution is -2.35. The number of benzene rings is 1. The first-order chi connectivity index (χ1) is 8.82. The molecule has 0 atom stereocenters.